The molecule has 0 atom stereocenters. The van der Waals surface area contributed by atoms with Crippen LogP contribution in [0.15, 0.2) is 59.4 Å². The average molecular weight is 365 g/mol. The fourth-order valence-electron chi connectivity index (χ4n) is 2.37. The molecule has 0 unspecified atom stereocenters. The second-order valence-corrected chi connectivity index (χ2v) is 5.64. The summed E-state index contributed by atoms with van der Waals surface area (Å²) in [6, 6.07) is 11.0. The summed E-state index contributed by atoms with van der Waals surface area (Å²) in [6.45, 7) is 0.780. The number of fused-ring (bicyclic) bond motifs is 1. The van der Waals surface area contributed by atoms with Crippen LogP contribution >= 0.6 is 0 Å². The Balaban J connectivity index is 1.47. The van der Waals surface area contributed by atoms with E-state index >= 15 is 0 Å². The first-order valence-electron chi connectivity index (χ1n) is 8.32. The number of carbonyl (C=O) groups is 2. The molecule has 1 aliphatic rings. The van der Waals surface area contributed by atoms with Crippen molar-refractivity contribution in [3.8, 4) is 5.75 Å². The number of amides is 2. The van der Waals surface area contributed by atoms with Crippen LogP contribution in [0.3, 0.4) is 0 Å². The third kappa shape index (κ3) is 4.91. The summed E-state index contributed by atoms with van der Waals surface area (Å²) >= 11 is 0. The number of pyridine rings is 1. The molecule has 27 heavy (non-hydrogen) atoms. The molecule has 3 rings (SSSR count). The lowest BCUT2D eigenvalue weighted by Crippen LogP contribution is -2.30. The second-order valence-electron chi connectivity index (χ2n) is 5.64. The van der Waals surface area contributed by atoms with E-state index in [0.717, 1.165) is 11.3 Å². The van der Waals surface area contributed by atoms with E-state index in [1.165, 1.54) is 6.08 Å². The fraction of sp³-hybridized carbons (Fsp3) is 0.158. The Morgan fingerprint density at radius 2 is 2.07 bits per heavy atom. The third-order valence-corrected chi connectivity index (χ3v) is 3.73. The quantitative estimate of drug-likeness (QED) is 0.409. The predicted molar refractivity (Wildman–Crippen MR) is 103 cm³/mol. The zero-order valence-electron chi connectivity index (χ0n) is 14.7. The molecule has 8 nitrogen and oxygen atoms in total. The monoisotopic (exact) mass is 365 g/mol. The number of nitrogens with one attached hydrogen (secondary N) is 3. The summed E-state index contributed by atoms with van der Waals surface area (Å²) in [5.41, 5.74) is 1.74. The van der Waals surface area contributed by atoms with Crippen molar-refractivity contribution in [3.63, 3.8) is 0 Å². The van der Waals surface area contributed by atoms with Crippen LogP contribution in [0.1, 0.15) is 5.56 Å². The van der Waals surface area contributed by atoms with E-state index in [9.17, 15) is 9.59 Å². The summed E-state index contributed by atoms with van der Waals surface area (Å²) in [5, 5.41) is 8.21. The number of ether oxygens (including phenoxy) is 1. The van der Waals surface area contributed by atoms with Crippen molar-refractivity contribution < 1.29 is 14.3 Å². The van der Waals surface area contributed by atoms with Gasteiger partial charge in [0.1, 0.15) is 11.4 Å². The van der Waals surface area contributed by atoms with Crippen LogP contribution in [-0.4, -0.2) is 43.2 Å². The molecule has 0 fully saturated rings. The molecule has 0 spiro atoms. The minimum absolute atomic E-state index is 0.162. The molecule has 2 amide bonds. The van der Waals surface area contributed by atoms with Gasteiger partial charge in [-0.1, -0.05) is 0 Å². The third-order valence-electron chi connectivity index (χ3n) is 3.73. The summed E-state index contributed by atoms with van der Waals surface area (Å²) in [4.78, 5) is 32.3. The molecule has 0 bridgehead atoms. The molecule has 0 saturated heterocycles. The molecule has 2 aromatic rings. The summed E-state index contributed by atoms with van der Waals surface area (Å²) in [7, 11) is 1.61. The van der Waals surface area contributed by atoms with E-state index in [2.05, 4.69) is 25.9 Å². The Bertz CT molecular complexity index is 890. The lowest BCUT2D eigenvalue weighted by molar-refractivity contribution is -0.117. The smallest absolute Gasteiger partial charge is 0.273 e. The van der Waals surface area contributed by atoms with Crippen molar-refractivity contribution in [2.75, 3.05) is 30.8 Å². The molecule has 138 valence electrons. The predicted octanol–water partition coefficient (Wildman–Crippen LogP) is 1.57. The standard InChI is InChI=1S/C19H19N5O3/c1-27-14-6-4-13(5-7-14)12-20-9-10-21-17(25)11-16-19(26)24-18-15(23-16)3-2-8-22-18/h2-8,11-12,23H,9-10H2,1H3,(H,21,25)(H,22,24,26)/b16-11+,20-12?. The van der Waals surface area contributed by atoms with Crippen LogP contribution in [-0.2, 0) is 9.59 Å². The van der Waals surface area contributed by atoms with Crippen LogP contribution < -0.4 is 20.7 Å². The zero-order valence-corrected chi connectivity index (χ0v) is 14.7. The molecule has 3 N–H and O–H groups in total. The minimum atomic E-state index is -0.408. The van der Waals surface area contributed by atoms with Crippen LogP contribution in [0, 0.1) is 0 Å². The van der Waals surface area contributed by atoms with E-state index in [1.807, 2.05) is 24.3 Å². The highest BCUT2D eigenvalue weighted by molar-refractivity contribution is 6.13. The summed E-state index contributed by atoms with van der Waals surface area (Å²) in [5.74, 6) is 0.438. The van der Waals surface area contributed by atoms with Gasteiger partial charge in [-0.25, -0.2) is 4.98 Å². The van der Waals surface area contributed by atoms with Gasteiger partial charge in [0.25, 0.3) is 5.91 Å². The normalized spacial score (nSPS) is 14.4. The number of aliphatic imine (C=N–C) groups is 1. The topological polar surface area (TPSA) is 105 Å². The molecule has 1 aliphatic heterocycles. The first-order valence-corrected chi connectivity index (χ1v) is 8.32. The summed E-state index contributed by atoms with van der Waals surface area (Å²) < 4.78 is 5.09. The molecule has 1 aromatic carbocycles. The molecule has 1 aromatic heterocycles. The van der Waals surface area contributed by atoms with Gasteiger partial charge in [0.05, 0.1) is 19.3 Å². The maximum atomic E-state index is 12.0. The highest BCUT2D eigenvalue weighted by atomic mass is 16.5. The number of anilines is 2. The molecule has 2 heterocycles. The van der Waals surface area contributed by atoms with Crippen LogP contribution in [0.2, 0.25) is 0 Å². The minimum Gasteiger partial charge on any atom is -0.497 e. The first-order chi connectivity index (χ1) is 13.2. The molecular formula is C19H19N5O3. The number of nitrogens with zero attached hydrogens (tertiary/aromatic N) is 2. The number of hydrogen-bond acceptors (Lipinski definition) is 6. The molecule has 0 saturated carbocycles. The molecule has 8 heteroatoms. The van der Waals surface area contributed by atoms with E-state index in [0.29, 0.717) is 24.6 Å². The van der Waals surface area contributed by atoms with Crippen LogP contribution in [0.4, 0.5) is 11.5 Å². The van der Waals surface area contributed by atoms with Crippen molar-refractivity contribution in [1.29, 1.82) is 0 Å². The lowest BCUT2D eigenvalue weighted by atomic mass is 10.2. The first kappa shape index (κ1) is 18.1. The number of methoxy groups -OCH3 is 1. The Kier molecular flexibility index (Phi) is 5.78. The van der Waals surface area contributed by atoms with Gasteiger partial charge in [-0.15, -0.1) is 0 Å². The number of aromatic nitrogens is 1. The van der Waals surface area contributed by atoms with Gasteiger partial charge in [0.2, 0.25) is 5.91 Å². The second kappa shape index (κ2) is 8.61. The van der Waals surface area contributed by atoms with Crippen molar-refractivity contribution >= 4 is 29.5 Å². The van der Waals surface area contributed by atoms with Gasteiger partial charge in [0, 0.05) is 25.0 Å². The lowest BCUT2D eigenvalue weighted by Gasteiger charge is -2.19. The maximum absolute atomic E-state index is 12.0. The number of carbonyl (C=O) groups excluding carboxylic acids is 2. The van der Waals surface area contributed by atoms with Crippen molar-refractivity contribution in [3.05, 3.63) is 59.9 Å². The van der Waals surface area contributed by atoms with Crippen molar-refractivity contribution in [1.82, 2.24) is 10.3 Å². The van der Waals surface area contributed by atoms with Gasteiger partial charge in [-0.05, 0) is 42.0 Å². The van der Waals surface area contributed by atoms with Gasteiger partial charge < -0.3 is 20.7 Å². The Morgan fingerprint density at radius 1 is 1.26 bits per heavy atom. The van der Waals surface area contributed by atoms with E-state index in [1.54, 1.807) is 31.7 Å². The van der Waals surface area contributed by atoms with Crippen molar-refractivity contribution in [2.24, 2.45) is 4.99 Å². The highest BCUT2D eigenvalue weighted by Gasteiger charge is 2.20. The zero-order chi connectivity index (χ0) is 19.1. The van der Waals surface area contributed by atoms with Gasteiger partial charge in [-0.2, -0.15) is 0 Å². The molecule has 0 radical (unpaired) electrons. The Morgan fingerprint density at radius 3 is 2.85 bits per heavy atom. The largest absolute Gasteiger partial charge is 0.497 e. The Labute approximate surface area is 156 Å². The van der Waals surface area contributed by atoms with Gasteiger partial charge in [-0.3, -0.25) is 14.6 Å². The van der Waals surface area contributed by atoms with E-state index < -0.39 is 5.91 Å². The van der Waals surface area contributed by atoms with Gasteiger partial charge in [0.15, 0.2) is 5.82 Å². The maximum Gasteiger partial charge on any atom is 0.273 e. The molecular weight excluding hydrogens is 346 g/mol. The van der Waals surface area contributed by atoms with Crippen LogP contribution in [0.5, 0.6) is 5.75 Å². The highest BCUT2D eigenvalue weighted by Crippen LogP contribution is 2.24. The fourth-order valence-corrected chi connectivity index (χ4v) is 2.37. The SMILES string of the molecule is COc1ccc(C=NCCNC(=O)/C=C2/Nc3cccnc3NC2=O)cc1. The van der Waals surface area contributed by atoms with Crippen LogP contribution in [0.25, 0.3) is 0 Å². The van der Waals surface area contributed by atoms with E-state index in [-0.39, 0.29) is 11.6 Å². The molecule has 0 aliphatic carbocycles. The number of benzene rings is 1. The van der Waals surface area contributed by atoms with Gasteiger partial charge >= 0.3 is 0 Å². The van der Waals surface area contributed by atoms with Crippen molar-refractivity contribution in [2.45, 2.75) is 0 Å². The summed E-state index contributed by atoms with van der Waals surface area (Å²) in [6.07, 6.45) is 4.53. The average Bonchev–Trinajstić information content (AvgIpc) is 2.69. The number of rotatable bonds is 6. The van der Waals surface area contributed by atoms with E-state index in [4.69, 9.17) is 4.74 Å². The Hall–Kier alpha value is -3.68. The number of hydrogen-bond donors (Lipinski definition) is 3.